The van der Waals surface area contributed by atoms with Crippen LogP contribution in [0.2, 0.25) is 0 Å². The van der Waals surface area contributed by atoms with E-state index in [4.69, 9.17) is 0 Å². The summed E-state index contributed by atoms with van der Waals surface area (Å²) in [5.41, 5.74) is 3.85. The molecule has 1 N–H and O–H groups in total. The summed E-state index contributed by atoms with van der Waals surface area (Å²) >= 11 is 3.54. The van der Waals surface area contributed by atoms with E-state index >= 15 is 0 Å². The lowest BCUT2D eigenvalue weighted by molar-refractivity contribution is 0.586. The highest BCUT2D eigenvalue weighted by Crippen LogP contribution is 2.27. The van der Waals surface area contributed by atoms with Gasteiger partial charge in [0.2, 0.25) is 0 Å². The van der Waals surface area contributed by atoms with Gasteiger partial charge in [-0.15, -0.1) is 0 Å². The summed E-state index contributed by atoms with van der Waals surface area (Å²) in [4.78, 5) is 0. The van der Waals surface area contributed by atoms with Crippen molar-refractivity contribution in [3.63, 3.8) is 0 Å². The summed E-state index contributed by atoms with van der Waals surface area (Å²) < 4.78 is 3.16. The molecule has 0 saturated carbocycles. The zero-order valence-corrected chi connectivity index (χ0v) is 14.7. The number of aromatic nitrogens is 2. The first-order chi connectivity index (χ1) is 10.2. The Morgan fingerprint density at radius 2 is 2.10 bits per heavy atom. The van der Waals surface area contributed by atoms with Crippen molar-refractivity contribution in [2.45, 2.75) is 46.2 Å². The molecule has 0 spiro atoms. The molecule has 0 aliphatic carbocycles. The molecular formula is C17H24BrN3. The number of hydrogen-bond acceptors (Lipinski definition) is 2. The van der Waals surface area contributed by atoms with E-state index in [2.05, 4.69) is 71.5 Å². The molecule has 3 nitrogen and oxygen atoms in total. The van der Waals surface area contributed by atoms with Crippen LogP contribution in [0.15, 0.2) is 35.1 Å². The Morgan fingerprint density at radius 3 is 2.76 bits per heavy atom. The molecule has 0 saturated heterocycles. The lowest BCUT2D eigenvalue weighted by Crippen LogP contribution is -2.23. The SMILES string of the molecule is CCCNC(c1cnn(CCC)c1)c1ccc(Br)cc1C. The quantitative estimate of drug-likeness (QED) is 0.799. The summed E-state index contributed by atoms with van der Waals surface area (Å²) in [6.45, 7) is 8.50. The van der Waals surface area contributed by atoms with Crippen LogP contribution in [0.1, 0.15) is 49.4 Å². The molecule has 0 amide bonds. The normalized spacial score (nSPS) is 12.6. The Balaban J connectivity index is 2.32. The van der Waals surface area contributed by atoms with Crippen LogP contribution in [0, 0.1) is 6.92 Å². The van der Waals surface area contributed by atoms with Gasteiger partial charge in [-0.3, -0.25) is 4.68 Å². The van der Waals surface area contributed by atoms with Gasteiger partial charge in [0.15, 0.2) is 0 Å². The lowest BCUT2D eigenvalue weighted by Gasteiger charge is -2.20. The predicted molar refractivity (Wildman–Crippen MR) is 91.5 cm³/mol. The molecule has 1 atom stereocenters. The van der Waals surface area contributed by atoms with Crippen molar-refractivity contribution in [2.75, 3.05) is 6.54 Å². The first-order valence-electron chi connectivity index (χ1n) is 7.67. The van der Waals surface area contributed by atoms with E-state index in [1.54, 1.807) is 0 Å². The highest BCUT2D eigenvalue weighted by atomic mass is 79.9. The molecule has 114 valence electrons. The predicted octanol–water partition coefficient (Wildman–Crippen LogP) is 4.45. The van der Waals surface area contributed by atoms with E-state index in [1.165, 1.54) is 16.7 Å². The molecule has 1 aromatic carbocycles. The van der Waals surface area contributed by atoms with E-state index in [1.807, 2.05) is 10.9 Å². The van der Waals surface area contributed by atoms with Crippen LogP contribution in [0.25, 0.3) is 0 Å². The molecule has 0 fully saturated rings. The molecule has 0 aliphatic heterocycles. The molecule has 1 heterocycles. The van der Waals surface area contributed by atoms with Crippen molar-refractivity contribution < 1.29 is 0 Å². The van der Waals surface area contributed by atoms with Gasteiger partial charge in [0.1, 0.15) is 0 Å². The third-order valence-corrected chi connectivity index (χ3v) is 4.07. The van der Waals surface area contributed by atoms with Crippen LogP contribution in [0.4, 0.5) is 0 Å². The van der Waals surface area contributed by atoms with E-state index < -0.39 is 0 Å². The van der Waals surface area contributed by atoms with E-state index in [0.29, 0.717) is 0 Å². The van der Waals surface area contributed by atoms with E-state index in [-0.39, 0.29) is 6.04 Å². The molecular weight excluding hydrogens is 326 g/mol. The van der Waals surface area contributed by atoms with Gasteiger partial charge in [0, 0.05) is 22.8 Å². The number of halogens is 1. The highest BCUT2D eigenvalue weighted by molar-refractivity contribution is 9.10. The van der Waals surface area contributed by atoms with Gasteiger partial charge in [-0.1, -0.05) is 35.8 Å². The third kappa shape index (κ3) is 4.17. The highest BCUT2D eigenvalue weighted by Gasteiger charge is 2.17. The van der Waals surface area contributed by atoms with Crippen LogP contribution in [0.5, 0.6) is 0 Å². The second-order valence-electron chi connectivity index (χ2n) is 5.42. The van der Waals surface area contributed by atoms with Crippen molar-refractivity contribution >= 4 is 15.9 Å². The third-order valence-electron chi connectivity index (χ3n) is 3.58. The maximum absolute atomic E-state index is 4.48. The maximum atomic E-state index is 4.48. The summed E-state index contributed by atoms with van der Waals surface area (Å²) in [5.74, 6) is 0. The first-order valence-corrected chi connectivity index (χ1v) is 8.46. The summed E-state index contributed by atoms with van der Waals surface area (Å²) in [6, 6.07) is 6.69. The number of rotatable bonds is 7. The molecule has 21 heavy (non-hydrogen) atoms. The number of benzene rings is 1. The Hall–Kier alpha value is -1.13. The Kier molecular flexibility index (Phi) is 6.00. The fourth-order valence-corrected chi connectivity index (χ4v) is 3.01. The van der Waals surface area contributed by atoms with Crippen LogP contribution < -0.4 is 5.32 Å². The van der Waals surface area contributed by atoms with Crippen molar-refractivity contribution in [1.82, 2.24) is 15.1 Å². The first kappa shape index (κ1) is 16.2. The Morgan fingerprint density at radius 1 is 1.29 bits per heavy atom. The van der Waals surface area contributed by atoms with Gasteiger partial charge < -0.3 is 5.32 Å². The fourth-order valence-electron chi connectivity index (χ4n) is 2.54. The monoisotopic (exact) mass is 349 g/mol. The molecule has 2 aromatic rings. The maximum Gasteiger partial charge on any atom is 0.0610 e. The van der Waals surface area contributed by atoms with Gasteiger partial charge in [0.25, 0.3) is 0 Å². The minimum atomic E-state index is 0.212. The van der Waals surface area contributed by atoms with Crippen molar-refractivity contribution in [1.29, 1.82) is 0 Å². The molecule has 4 heteroatoms. The van der Waals surface area contributed by atoms with Gasteiger partial charge in [0.05, 0.1) is 12.2 Å². The molecule has 0 bridgehead atoms. The van der Waals surface area contributed by atoms with Gasteiger partial charge >= 0.3 is 0 Å². The number of nitrogens with one attached hydrogen (secondary N) is 1. The largest absolute Gasteiger partial charge is 0.306 e. The Bertz CT molecular complexity index is 577. The van der Waals surface area contributed by atoms with Crippen molar-refractivity contribution in [2.24, 2.45) is 0 Å². The second-order valence-corrected chi connectivity index (χ2v) is 6.34. The minimum absolute atomic E-state index is 0.212. The summed E-state index contributed by atoms with van der Waals surface area (Å²) in [7, 11) is 0. The molecule has 1 aromatic heterocycles. The van der Waals surface area contributed by atoms with Gasteiger partial charge in [-0.2, -0.15) is 5.10 Å². The zero-order valence-electron chi connectivity index (χ0n) is 13.1. The minimum Gasteiger partial charge on any atom is -0.306 e. The van der Waals surface area contributed by atoms with Crippen LogP contribution in [0.3, 0.4) is 0 Å². The van der Waals surface area contributed by atoms with Gasteiger partial charge in [-0.05, 0) is 49.6 Å². The number of nitrogens with zero attached hydrogens (tertiary/aromatic N) is 2. The fraction of sp³-hybridized carbons (Fsp3) is 0.471. The number of aryl methyl sites for hydroxylation is 2. The molecule has 0 aliphatic rings. The average Bonchev–Trinajstić information content (AvgIpc) is 2.90. The summed E-state index contributed by atoms with van der Waals surface area (Å²) in [5, 5.41) is 8.12. The standard InChI is InChI=1S/C17H24BrN3/c1-4-8-19-17(14-11-20-21(12-14)9-5-2)16-7-6-15(18)10-13(16)3/h6-7,10-12,17,19H,4-5,8-9H2,1-3H3. The smallest absolute Gasteiger partial charge is 0.0610 e. The van der Waals surface area contributed by atoms with E-state index in [9.17, 15) is 0 Å². The average molecular weight is 350 g/mol. The Labute approximate surface area is 135 Å². The molecule has 2 rings (SSSR count). The van der Waals surface area contributed by atoms with Crippen LogP contribution in [-0.4, -0.2) is 16.3 Å². The zero-order chi connectivity index (χ0) is 15.2. The van der Waals surface area contributed by atoms with Crippen molar-refractivity contribution in [3.05, 3.63) is 51.8 Å². The van der Waals surface area contributed by atoms with Gasteiger partial charge in [-0.25, -0.2) is 0 Å². The lowest BCUT2D eigenvalue weighted by atomic mass is 9.97. The molecule has 1 unspecified atom stereocenters. The van der Waals surface area contributed by atoms with E-state index in [0.717, 1.165) is 30.4 Å². The topological polar surface area (TPSA) is 29.9 Å². The second kappa shape index (κ2) is 7.76. The number of hydrogen-bond donors (Lipinski definition) is 1. The van der Waals surface area contributed by atoms with Crippen LogP contribution >= 0.6 is 15.9 Å². The summed E-state index contributed by atoms with van der Waals surface area (Å²) in [6.07, 6.45) is 6.38. The molecule has 0 radical (unpaired) electrons. The van der Waals surface area contributed by atoms with Crippen molar-refractivity contribution in [3.8, 4) is 0 Å². The van der Waals surface area contributed by atoms with Crippen LogP contribution in [-0.2, 0) is 6.54 Å².